The Hall–Kier alpha value is -2.42. The van der Waals surface area contributed by atoms with Gasteiger partial charge in [-0.3, -0.25) is 19.3 Å². The summed E-state index contributed by atoms with van der Waals surface area (Å²) in [5.74, 6) is -0.469. The van der Waals surface area contributed by atoms with Crippen LogP contribution in [0.15, 0.2) is 34.2 Å². The highest BCUT2D eigenvalue weighted by molar-refractivity contribution is 7.90. The first-order valence-corrected chi connectivity index (χ1v) is 10.2. The highest BCUT2D eigenvalue weighted by atomic mass is 32.2. The number of rotatable bonds is 5. The zero-order valence-corrected chi connectivity index (χ0v) is 17.1. The van der Waals surface area contributed by atoms with E-state index < -0.39 is 21.6 Å². The molecule has 2 N–H and O–H groups in total. The second-order valence-electron chi connectivity index (χ2n) is 7.41. The predicted molar refractivity (Wildman–Crippen MR) is 103 cm³/mol. The number of nitrogens with one attached hydrogen (secondary N) is 2. The van der Waals surface area contributed by atoms with Crippen LogP contribution in [0, 0.1) is 0 Å². The summed E-state index contributed by atoms with van der Waals surface area (Å²) >= 11 is 0. The maximum atomic E-state index is 12.7. The van der Waals surface area contributed by atoms with Gasteiger partial charge in [0.1, 0.15) is 11.9 Å². The summed E-state index contributed by atoms with van der Waals surface area (Å²) in [4.78, 5) is 30.6. The van der Waals surface area contributed by atoms with Gasteiger partial charge in [-0.1, -0.05) is 12.1 Å². The molecule has 1 atom stereocenters. The van der Waals surface area contributed by atoms with Crippen LogP contribution in [0.5, 0.6) is 0 Å². The number of carbonyl (C=O) groups excluding carboxylic acids is 2. The van der Waals surface area contributed by atoms with E-state index in [1.807, 2.05) is 20.8 Å². The molecule has 2 amide bonds. The van der Waals surface area contributed by atoms with Crippen LogP contribution in [-0.2, 0) is 19.6 Å². The van der Waals surface area contributed by atoms with Crippen molar-refractivity contribution in [2.75, 3.05) is 13.1 Å². The Labute approximate surface area is 160 Å². The minimum absolute atomic E-state index is 0.0793. The molecule has 0 bridgehead atoms. The number of fused-ring (bicyclic) bond motifs is 1. The molecule has 0 fully saturated rings. The van der Waals surface area contributed by atoms with E-state index in [1.165, 1.54) is 11.0 Å². The number of carbonyl (C=O) groups is 2. The van der Waals surface area contributed by atoms with Crippen molar-refractivity contribution in [1.82, 2.24) is 14.9 Å². The van der Waals surface area contributed by atoms with Gasteiger partial charge in [0, 0.05) is 17.6 Å². The van der Waals surface area contributed by atoms with Crippen molar-refractivity contribution >= 4 is 27.7 Å². The molecule has 0 spiro atoms. The molecule has 8 nitrogen and oxygen atoms in total. The third-order valence-electron chi connectivity index (χ3n) is 3.89. The van der Waals surface area contributed by atoms with Crippen molar-refractivity contribution in [1.29, 1.82) is 0 Å². The highest BCUT2D eigenvalue weighted by Crippen LogP contribution is 2.22. The molecule has 2 rings (SSSR count). The normalized spacial score (nSPS) is 17.7. The van der Waals surface area contributed by atoms with Gasteiger partial charge >= 0.3 is 0 Å². The monoisotopic (exact) mass is 394 g/mol. The Morgan fingerprint density at radius 2 is 1.89 bits per heavy atom. The fraction of sp³-hybridized carbons (Fsp3) is 0.500. The Morgan fingerprint density at radius 3 is 2.48 bits per heavy atom. The maximum absolute atomic E-state index is 12.7. The molecule has 0 unspecified atom stereocenters. The zero-order valence-electron chi connectivity index (χ0n) is 16.2. The van der Waals surface area contributed by atoms with E-state index in [1.54, 1.807) is 32.0 Å². The number of amides is 2. The van der Waals surface area contributed by atoms with Crippen molar-refractivity contribution < 1.29 is 18.0 Å². The molecule has 1 aromatic carbocycles. The number of aliphatic imine (C=N–C) groups is 1. The quantitative estimate of drug-likeness (QED) is 0.773. The van der Waals surface area contributed by atoms with Crippen LogP contribution in [0.4, 0.5) is 0 Å². The number of nitrogens with zero attached hydrogens (tertiary/aromatic N) is 2. The number of benzene rings is 1. The average Bonchev–Trinajstić information content (AvgIpc) is 2.81. The summed E-state index contributed by atoms with van der Waals surface area (Å²) < 4.78 is 26.7. The summed E-state index contributed by atoms with van der Waals surface area (Å²) in [5, 5.41) is 2.81. The van der Waals surface area contributed by atoms with Gasteiger partial charge in [-0.05, 0) is 46.8 Å². The third kappa shape index (κ3) is 5.06. The van der Waals surface area contributed by atoms with Gasteiger partial charge in [-0.25, -0.2) is 8.42 Å². The third-order valence-corrected chi connectivity index (χ3v) is 5.28. The average molecular weight is 394 g/mol. The van der Waals surface area contributed by atoms with Crippen molar-refractivity contribution in [3.05, 3.63) is 29.8 Å². The van der Waals surface area contributed by atoms with Crippen molar-refractivity contribution in [2.24, 2.45) is 4.99 Å². The topological polar surface area (TPSA) is 108 Å². The number of hydrogen-bond acceptors (Lipinski definition) is 5. The van der Waals surface area contributed by atoms with E-state index >= 15 is 0 Å². The van der Waals surface area contributed by atoms with Crippen LogP contribution in [0.1, 0.15) is 40.2 Å². The van der Waals surface area contributed by atoms with Gasteiger partial charge in [0.25, 0.3) is 10.0 Å². The van der Waals surface area contributed by atoms with Gasteiger partial charge in [-0.2, -0.15) is 0 Å². The number of likely N-dealkylation sites (N-methyl/N-ethyl adjacent to an activating group) is 1. The van der Waals surface area contributed by atoms with Gasteiger partial charge < -0.3 is 10.2 Å². The fourth-order valence-corrected chi connectivity index (χ4v) is 3.96. The van der Waals surface area contributed by atoms with Crippen LogP contribution in [0.25, 0.3) is 0 Å². The zero-order chi connectivity index (χ0) is 20.4. The lowest BCUT2D eigenvalue weighted by molar-refractivity contribution is -0.137. The van der Waals surface area contributed by atoms with Gasteiger partial charge in [0.2, 0.25) is 11.8 Å². The van der Waals surface area contributed by atoms with Crippen LogP contribution < -0.4 is 10.0 Å². The predicted octanol–water partition coefficient (Wildman–Crippen LogP) is 0.877. The molecular weight excluding hydrogens is 368 g/mol. The maximum Gasteiger partial charge on any atom is 0.263 e. The molecule has 0 saturated carbocycles. The second-order valence-corrected chi connectivity index (χ2v) is 9.06. The highest BCUT2D eigenvalue weighted by Gasteiger charge is 2.32. The molecule has 0 aromatic heterocycles. The van der Waals surface area contributed by atoms with Crippen LogP contribution >= 0.6 is 0 Å². The van der Waals surface area contributed by atoms with E-state index in [9.17, 15) is 18.0 Å². The first-order valence-electron chi connectivity index (χ1n) is 8.74. The largest absolute Gasteiger partial charge is 0.350 e. The van der Waals surface area contributed by atoms with E-state index in [2.05, 4.69) is 15.0 Å². The first-order chi connectivity index (χ1) is 12.4. The van der Waals surface area contributed by atoms with Crippen molar-refractivity contribution in [3.63, 3.8) is 0 Å². The summed E-state index contributed by atoms with van der Waals surface area (Å²) in [6, 6.07) is 5.62. The second kappa shape index (κ2) is 7.67. The fourth-order valence-electron chi connectivity index (χ4n) is 2.72. The van der Waals surface area contributed by atoms with Gasteiger partial charge in [-0.15, -0.1) is 0 Å². The van der Waals surface area contributed by atoms with Crippen molar-refractivity contribution in [2.45, 2.75) is 51.1 Å². The lowest BCUT2D eigenvalue weighted by Crippen LogP contribution is -2.48. The molecule has 9 heteroatoms. The van der Waals surface area contributed by atoms with E-state index in [0.29, 0.717) is 12.1 Å². The summed E-state index contributed by atoms with van der Waals surface area (Å²) in [5.41, 5.74) is 0.0442. The minimum atomic E-state index is -3.66. The molecule has 1 aliphatic heterocycles. The molecule has 0 aliphatic carbocycles. The summed E-state index contributed by atoms with van der Waals surface area (Å²) in [6.07, 6.45) is 0. The number of hydrogen-bond donors (Lipinski definition) is 2. The number of amidine groups is 1. The molecule has 1 aliphatic rings. The summed E-state index contributed by atoms with van der Waals surface area (Å²) in [7, 11) is -3.66. The van der Waals surface area contributed by atoms with E-state index in [4.69, 9.17) is 0 Å². The minimum Gasteiger partial charge on any atom is -0.350 e. The Balaban J connectivity index is 2.17. The Kier molecular flexibility index (Phi) is 5.94. The molecule has 148 valence electrons. The van der Waals surface area contributed by atoms with Crippen LogP contribution in [0.3, 0.4) is 0 Å². The van der Waals surface area contributed by atoms with Crippen LogP contribution in [0.2, 0.25) is 0 Å². The smallest absolute Gasteiger partial charge is 0.263 e. The first kappa shape index (κ1) is 20.9. The van der Waals surface area contributed by atoms with Crippen LogP contribution in [-0.4, -0.2) is 55.6 Å². The molecule has 1 aromatic rings. The van der Waals surface area contributed by atoms with Gasteiger partial charge in [0.05, 0.1) is 11.4 Å². The Bertz CT molecular complexity index is 872. The lowest BCUT2D eigenvalue weighted by Gasteiger charge is -2.26. The van der Waals surface area contributed by atoms with Crippen molar-refractivity contribution in [3.8, 4) is 0 Å². The standard InChI is InChI=1S/C18H26N4O4S/c1-6-22(11-15(23)20-18(3,4)5)17(24)12(2)19-16-13-9-7-8-10-14(13)27(25,26)21-16/h7-10,12H,6,11H2,1-5H3,(H,19,21)(H,20,23)/t12-/m0/s1. The molecule has 0 radical (unpaired) electrons. The molecule has 1 heterocycles. The SMILES string of the molecule is CCN(CC(=O)NC(C)(C)C)C(=O)[C@H](C)N=C1NS(=O)(=O)c2ccccc21. The Morgan fingerprint density at radius 1 is 1.26 bits per heavy atom. The molecule has 27 heavy (non-hydrogen) atoms. The lowest BCUT2D eigenvalue weighted by atomic mass is 10.1. The number of sulfonamides is 1. The van der Waals surface area contributed by atoms with E-state index in [0.717, 1.165) is 0 Å². The van der Waals surface area contributed by atoms with E-state index in [-0.39, 0.29) is 29.1 Å². The molecule has 0 saturated heterocycles. The molecular formula is C18H26N4O4S. The summed E-state index contributed by atoms with van der Waals surface area (Å²) in [6.45, 7) is 9.20. The van der Waals surface area contributed by atoms with Gasteiger partial charge in [0.15, 0.2) is 0 Å².